The van der Waals surface area contributed by atoms with Crippen molar-refractivity contribution in [2.75, 3.05) is 0 Å². The molecule has 122 valence electrons. The van der Waals surface area contributed by atoms with Crippen LogP contribution < -0.4 is 0 Å². The largest absolute Gasteiger partial charge is 0.478 e. The van der Waals surface area contributed by atoms with E-state index in [0.29, 0.717) is 6.07 Å². The van der Waals surface area contributed by atoms with E-state index in [9.17, 15) is 37.9 Å². The van der Waals surface area contributed by atoms with Crippen molar-refractivity contribution in [3.05, 3.63) is 28.3 Å². The first kappa shape index (κ1) is 18.0. The maximum Gasteiger partial charge on any atom is 0.336 e. The first-order valence-corrected chi connectivity index (χ1v) is 7.34. The molecule has 2 atom stereocenters. The maximum absolute atomic E-state index is 11.4. The molecule has 0 bridgehead atoms. The van der Waals surface area contributed by atoms with Gasteiger partial charge in [0.15, 0.2) is 0 Å². The summed E-state index contributed by atoms with van der Waals surface area (Å²) in [5.74, 6) is -3.44. The predicted molar refractivity (Wildman–Crippen MR) is 71.4 cm³/mol. The number of carboxylic acid groups (broad SMARTS) is 2. The third-order valence-corrected chi connectivity index (χ3v) is 3.82. The van der Waals surface area contributed by atoms with Gasteiger partial charge in [-0.1, -0.05) is 0 Å². The lowest BCUT2D eigenvalue weighted by Gasteiger charge is -2.20. The fourth-order valence-corrected chi connectivity index (χ4v) is 2.98. The van der Waals surface area contributed by atoms with Gasteiger partial charge in [-0.15, -0.1) is 0 Å². The highest BCUT2D eigenvalue weighted by molar-refractivity contribution is 7.85. The zero-order valence-electron chi connectivity index (χ0n) is 11.5. The topological polar surface area (TPSA) is 169 Å². The molecule has 22 heavy (non-hydrogen) atoms. The Labute approximate surface area is 125 Å². The zero-order chi connectivity index (χ0) is 17.4. The zero-order valence-corrected chi connectivity index (χ0v) is 12.3. The fraction of sp³-hybridized carbons (Fsp3) is 0.333. The summed E-state index contributed by atoms with van der Waals surface area (Å²) in [6.45, 7) is 2.13. The smallest absolute Gasteiger partial charge is 0.336 e. The molecule has 0 spiro atoms. The van der Waals surface area contributed by atoms with Crippen LogP contribution in [0.5, 0.6) is 0 Å². The highest BCUT2D eigenvalue weighted by Gasteiger charge is 2.33. The standard InChI is InChI=1S/C12H14O9S/c1-4(13)8-6(11(15)16)3-7(22(19,20)21)9(5(2)14)10(8)12(17)18/h3-5,13-14H,1-2H3,(H,15,16)(H,17,18)(H,19,20,21). The van der Waals surface area contributed by atoms with Crippen LogP contribution >= 0.6 is 0 Å². The number of aromatic carboxylic acids is 2. The van der Waals surface area contributed by atoms with Gasteiger partial charge in [0.05, 0.1) is 23.3 Å². The molecule has 0 amide bonds. The van der Waals surface area contributed by atoms with Gasteiger partial charge in [-0.3, -0.25) is 4.55 Å². The van der Waals surface area contributed by atoms with Crippen molar-refractivity contribution in [2.45, 2.75) is 31.0 Å². The van der Waals surface area contributed by atoms with Crippen molar-refractivity contribution in [1.29, 1.82) is 0 Å². The normalized spacial score (nSPS) is 14.4. The molecule has 2 unspecified atom stereocenters. The summed E-state index contributed by atoms with van der Waals surface area (Å²) in [6, 6.07) is 0.508. The summed E-state index contributed by atoms with van der Waals surface area (Å²) in [5.41, 5.74) is -2.94. The van der Waals surface area contributed by atoms with Crippen LogP contribution in [-0.2, 0) is 10.1 Å². The van der Waals surface area contributed by atoms with Crippen LogP contribution in [0, 0.1) is 0 Å². The van der Waals surface area contributed by atoms with E-state index in [0.717, 1.165) is 13.8 Å². The molecule has 0 aliphatic rings. The molecule has 0 aliphatic carbocycles. The Kier molecular flexibility index (Phi) is 4.92. The number of aliphatic hydroxyl groups is 2. The summed E-state index contributed by atoms with van der Waals surface area (Å²) in [6.07, 6.45) is -3.21. The second kappa shape index (κ2) is 6.01. The highest BCUT2D eigenvalue weighted by Crippen LogP contribution is 2.34. The van der Waals surface area contributed by atoms with Gasteiger partial charge in [0.1, 0.15) is 4.90 Å². The minimum Gasteiger partial charge on any atom is -0.478 e. The Balaban J connectivity index is 4.17. The molecule has 0 aliphatic heterocycles. The lowest BCUT2D eigenvalue weighted by molar-refractivity contribution is 0.0676. The molecule has 10 heteroatoms. The average molecular weight is 334 g/mol. The quantitative estimate of drug-likeness (QED) is 0.479. The van der Waals surface area contributed by atoms with Crippen molar-refractivity contribution >= 4 is 22.1 Å². The van der Waals surface area contributed by atoms with Gasteiger partial charge in [-0.25, -0.2) is 9.59 Å². The molecule has 1 aromatic carbocycles. The summed E-state index contributed by atoms with van der Waals surface area (Å²) >= 11 is 0. The Morgan fingerprint density at radius 3 is 1.73 bits per heavy atom. The fourth-order valence-electron chi connectivity index (χ4n) is 2.16. The minimum atomic E-state index is -5.00. The van der Waals surface area contributed by atoms with E-state index in [1.807, 2.05) is 0 Å². The van der Waals surface area contributed by atoms with Gasteiger partial charge in [0.2, 0.25) is 0 Å². The molecular weight excluding hydrogens is 320 g/mol. The number of hydrogen-bond donors (Lipinski definition) is 5. The number of carboxylic acids is 2. The number of benzene rings is 1. The van der Waals surface area contributed by atoms with Gasteiger partial charge in [0.25, 0.3) is 10.1 Å². The molecule has 0 fully saturated rings. The molecular formula is C12H14O9S. The molecule has 9 nitrogen and oxygen atoms in total. The highest BCUT2D eigenvalue weighted by atomic mass is 32.2. The number of aliphatic hydroxyl groups excluding tert-OH is 2. The van der Waals surface area contributed by atoms with E-state index in [4.69, 9.17) is 5.11 Å². The van der Waals surface area contributed by atoms with Crippen molar-refractivity contribution in [1.82, 2.24) is 0 Å². The molecule has 1 rings (SSSR count). The molecule has 1 aromatic rings. The van der Waals surface area contributed by atoms with E-state index < -0.39 is 61.4 Å². The average Bonchev–Trinajstić information content (AvgIpc) is 2.34. The third-order valence-electron chi connectivity index (χ3n) is 2.93. The molecule has 0 saturated carbocycles. The molecule has 0 radical (unpaired) electrons. The maximum atomic E-state index is 11.4. The van der Waals surface area contributed by atoms with Gasteiger partial charge >= 0.3 is 11.9 Å². The van der Waals surface area contributed by atoms with Crippen molar-refractivity contribution in [3.63, 3.8) is 0 Å². The van der Waals surface area contributed by atoms with E-state index in [1.54, 1.807) is 0 Å². The first-order chi connectivity index (χ1) is 9.89. The summed E-state index contributed by atoms with van der Waals surface area (Å²) in [4.78, 5) is 21.6. The summed E-state index contributed by atoms with van der Waals surface area (Å²) in [5, 5.41) is 37.7. The van der Waals surface area contributed by atoms with E-state index in [2.05, 4.69) is 0 Å². The Bertz CT molecular complexity index is 731. The number of hydrogen-bond acceptors (Lipinski definition) is 6. The van der Waals surface area contributed by atoms with E-state index >= 15 is 0 Å². The van der Waals surface area contributed by atoms with Crippen molar-refractivity contribution in [3.8, 4) is 0 Å². The van der Waals surface area contributed by atoms with Gasteiger partial charge in [-0.05, 0) is 19.9 Å². The Morgan fingerprint density at radius 2 is 1.45 bits per heavy atom. The number of rotatable bonds is 5. The molecule has 0 saturated heterocycles. The predicted octanol–water partition coefficient (Wildman–Crippen LogP) is 0.436. The van der Waals surface area contributed by atoms with Crippen LogP contribution in [0.2, 0.25) is 0 Å². The lowest BCUT2D eigenvalue weighted by atomic mass is 9.90. The second-order valence-corrected chi connectivity index (χ2v) is 5.95. The van der Waals surface area contributed by atoms with Gasteiger partial charge in [-0.2, -0.15) is 8.42 Å². The van der Waals surface area contributed by atoms with E-state index in [1.165, 1.54) is 0 Å². The minimum absolute atomic E-state index is 0.508. The van der Waals surface area contributed by atoms with Crippen LogP contribution in [0.15, 0.2) is 11.0 Å². The third kappa shape index (κ3) is 3.25. The SMILES string of the molecule is CC(O)c1c(C(=O)O)cc(S(=O)(=O)O)c(C(C)O)c1C(=O)O. The summed E-state index contributed by atoms with van der Waals surface area (Å²) < 4.78 is 31.9. The Hall–Kier alpha value is -2.01. The first-order valence-electron chi connectivity index (χ1n) is 5.90. The van der Waals surface area contributed by atoms with Crippen LogP contribution in [-0.4, -0.2) is 45.3 Å². The Morgan fingerprint density at radius 1 is 1.00 bits per heavy atom. The van der Waals surface area contributed by atoms with Crippen LogP contribution in [0.25, 0.3) is 0 Å². The lowest BCUT2D eigenvalue weighted by Crippen LogP contribution is -2.20. The van der Waals surface area contributed by atoms with Gasteiger partial charge < -0.3 is 20.4 Å². The monoisotopic (exact) mass is 334 g/mol. The van der Waals surface area contributed by atoms with E-state index in [-0.39, 0.29) is 0 Å². The van der Waals surface area contributed by atoms with Gasteiger partial charge in [0, 0.05) is 11.1 Å². The molecule has 0 heterocycles. The van der Waals surface area contributed by atoms with Crippen molar-refractivity contribution in [2.24, 2.45) is 0 Å². The molecule has 0 aromatic heterocycles. The second-order valence-electron chi connectivity index (χ2n) is 4.56. The van der Waals surface area contributed by atoms with Crippen LogP contribution in [0.1, 0.15) is 57.9 Å². The van der Waals surface area contributed by atoms with Crippen LogP contribution in [0.4, 0.5) is 0 Å². The van der Waals surface area contributed by atoms with Crippen molar-refractivity contribution < 1.29 is 43.0 Å². The van der Waals surface area contributed by atoms with Crippen LogP contribution in [0.3, 0.4) is 0 Å². The number of carbonyl (C=O) groups is 2. The molecule has 5 N–H and O–H groups in total. The summed E-state index contributed by atoms with van der Waals surface area (Å²) in [7, 11) is -5.00.